The van der Waals surface area contributed by atoms with Crippen molar-refractivity contribution in [3.8, 4) is 0 Å². The van der Waals surface area contributed by atoms with Crippen LogP contribution in [0, 0.1) is 0 Å². The minimum Gasteiger partial charge on any atom is -0.375 e. The van der Waals surface area contributed by atoms with Gasteiger partial charge in [-0.2, -0.15) is 0 Å². The number of carbonyl (C=O) groups is 1. The maximum atomic E-state index is 11.8. The van der Waals surface area contributed by atoms with Crippen LogP contribution in [0.1, 0.15) is 44.9 Å². The molecule has 0 unspecified atom stereocenters. The molecule has 4 nitrogen and oxygen atoms in total. The third-order valence-corrected chi connectivity index (χ3v) is 3.45. The summed E-state index contributed by atoms with van der Waals surface area (Å²) < 4.78 is 28.2. The molecule has 0 bridgehead atoms. The van der Waals surface area contributed by atoms with Crippen molar-refractivity contribution in [2.24, 2.45) is 0 Å². The van der Waals surface area contributed by atoms with Crippen molar-refractivity contribution >= 4 is 5.91 Å². The van der Waals surface area contributed by atoms with Crippen LogP contribution in [0.3, 0.4) is 0 Å². The Kier molecular flexibility index (Phi) is 9.49. The zero-order valence-corrected chi connectivity index (χ0v) is 12.0. The average Bonchev–Trinajstić information content (AvgIpc) is 2.68. The quantitative estimate of drug-likeness (QED) is 0.505. The molecule has 0 saturated heterocycles. The number of amides is 1. The Morgan fingerprint density at radius 3 is 2.50 bits per heavy atom. The lowest BCUT2D eigenvalue weighted by atomic mass is 10.1. The summed E-state index contributed by atoms with van der Waals surface area (Å²) in [5, 5.41) is 6.21. The second-order valence-electron chi connectivity index (χ2n) is 5.21. The highest BCUT2D eigenvalue weighted by atomic mass is 19.3. The second kappa shape index (κ2) is 11.0. The molecule has 0 heterocycles. The van der Waals surface area contributed by atoms with Gasteiger partial charge >= 0.3 is 0 Å². The number of halogens is 2. The molecule has 6 heteroatoms. The maximum absolute atomic E-state index is 11.8. The Morgan fingerprint density at radius 1 is 1.15 bits per heavy atom. The monoisotopic (exact) mass is 292 g/mol. The van der Waals surface area contributed by atoms with Crippen molar-refractivity contribution < 1.29 is 18.3 Å². The van der Waals surface area contributed by atoms with Crippen LogP contribution in [0.4, 0.5) is 8.78 Å². The van der Waals surface area contributed by atoms with Gasteiger partial charge in [-0.25, -0.2) is 8.78 Å². The molecule has 0 aromatic carbocycles. The first-order valence-corrected chi connectivity index (χ1v) is 7.54. The highest BCUT2D eigenvalue weighted by molar-refractivity contribution is 5.75. The van der Waals surface area contributed by atoms with E-state index < -0.39 is 13.0 Å². The number of carbonyl (C=O) groups excluding carboxylic acids is 1. The summed E-state index contributed by atoms with van der Waals surface area (Å²) in [6.45, 7) is 0.779. The van der Waals surface area contributed by atoms with Gasteiger partial charge in [0, 0.05) is 25.6 Å². The van der Waals surface area contributed by atoms with Crippen molar-refractivity contribution in [3.63, 3.8) is 0 Å². The van der Waals surface area contributed by atoms with Gasteiger partial charge in [-0.3, -0.25) is 4.79 Å². The van der Waals surface area contributed by atoms with E-state index in [1.165, 1.54) is 38.5 Å². The van der Waals surface area contributed by atoms with Gasteiger partial charge < -0.3 is 15.4 Å². The predicted molar refractivity (Wildman–Crippen MR) is 73.9 cm³/mol. The SMILES string of the molecule is O=C(CCOCC(F)F)NCCNC1CCCCCC1. The lowest BCUT2D eigenvalue weighted by Crippen LogP contribution is -2.37. The molecule has 2 N–H and O–H groups in total. The first-order valence-electron chi connectivity index (χ1n) is 7.54. The van der Waals surface area contributed by atoms with Crippen LogP contribution in [0.2, 0.25) is 0 Å². The fourth-order valence-corrected chi connectivity index (χ4v) is 2.39. The molecule has 1 rings (SSSR count). The molecule has 0 aromatic heterocycles. The number of hydrogen-bond acceptors (Lipinski definition) is 3. The smallest absolute Gasteiger partial charge is 0.261 e. The Morgan fingerprint density at radius 2 is 1.85 bits per heavy atom. The van der Waals surface area contributed by atoms with E-state index in [9.17, 15) is 13.6 Å². The molecule has 0 radical (unpaired) electrons. The lowest BCUT2D eigenvalue weighted by molar-refractivity contribution is -0.122. The van der Waals surface area contributed by atoms with Gasteiger partial charge in [0.25, 0.3) is 6.43 Å². The van der Waals surface area contributed by atoms with Crippen molar-refractivity contribution in [1.29, 1.82) is 0 Å². The summed E-state index contributed by atoms with van der Waals surface area (Å²) >= 11 is 0. The Bertz CT molecular complexity index is 258. The van der Waals surface area contributed by atoms with Gasteiger partial charge in [-0.15, -0.1) is 0 Å². The van der Waals surface area contributed by atoms with Crippen molar-refractivity contribution in [2.45, 2.75) is 57.4 Å². The summed E-state index contributed by atoms with van der Waals surface area (Å²) in [6.07, 6.45) is 5.32. The number of rotatable bonds is 9. The maximum Gasteiger partial charge on any atom is 0.261 e. The number of nitrogens with one attached hydrogen (secondary N) is 2. The number of alkyl halides is 2. The first kappa shape index (κ1) is 17.3. The fourth-order valence-electron chi connectivity index (χ4n) is 2.39. The molecule has 0 spiro atoms. The second-order valence-corrected chi connectivity index (χ2v) is 5.21. The summed E-state index contributed by atoms with van der Waals surface area (Å²) in [4.78, 5) is 11.4. The molecule has 1 saturated carbocycles. The lowest BCUT2D eigenvalue weighted by Gasteiger charge is -2.16. The summed E-state index contributed by atoms with van der Waals surface area (Å²) in [5.41, 5.74) is 0. The normalized spacial score (nSPS) is 17.1. The van der Waals surface area contributed by atoms with Gasteiger partial charge in [0.05, 0.1) is 6.61 Å². The van der Waals surface area contributed by atoms with E-state index in [-0.39, 0.29) is 18.9 Å². The molecule has 118 valence electrons. The Labute approximate surface area is 119 Å². The molecule has 20 heavy (non-hydrogen) atoms. The van der Waals surface area contributed by atoms with Crippen LogP contribution < -0.4 is 10.6 Å². The standard InChI is InChI=1S/C14H26F2N2O2/c15-13(16)11-20-10-7-14(19)18-9-8-17-12-5-3-1-2-4-6-12/h12-13,17H,1-11H2,(H,18,19). The van der Waals surface area contributed by atoms with E-state index in [0.29, 0.717) is 12.6 Å². The zero-order chi connectivity index (χ0) is 14.6. The van der Waals surface area contributed by atoms with Gasteiger partial charge in [-0.05, 0) is 12.8 Å². The summed E-state index contributed by atoms with van der Waals surface area (Å²) in [5.74, 6) is -0.151. The minimum absolute atomic E-state index is 0.0478. The van der Waals surface area contributed by atoms with Crippen molar-refractivity contribution in [1.82, 2.24) is 10.6 Å². The van der Waals surface area contributed by atoms with E-state index in [2.05, 4.69) is 15.4 Å². The van der Waals surface area contributed by atoms with Crippen LogP contribution in [-0.2, 0) is 9.53 Å². The van der Waals surface area contributed by atoms with Crippen LogP contribution >= 0.6 is 0 Å². The molecular formula is C14H26F2N2O2. The molecular weight excluding hydrogens is 266 g/mol. The Hall–Kier alpha value is -0.750. The zero-order valence-electron chi connectivity index (χ0n) is 12.0. The highest BCUT2D eigenvalue weighted by Gasteiger charge is 2.11. The third kappa shape index (κ3) is 9.20. The largest absolute Gasteiger partial charge is 0.375 e. The van der Waals surface area contributed by atoms with Crippen LogP contribution in [0.25, 0.3) is 0 Å². The van der Waals surface area contributed by atoms with E-state index in [4.69, 9.17) is 0 Å². The number of ether oxygens (including phenoxy) is 1. The van der Waals surface area contributed by atoms with Gasteiger partial charge in [-0.1, -0.05) is 25.7 Å². The van der Waals surface area contributed by atoms with E-state index >= 15 is 0 Å². The van der Waals surface area contributed by atoms with E-state index in [1.54, 1.807) is 0 Å². The predicted octanol–water partition coefficient (Wildman–Crippen LogP) is 2.09. The van der Waals surface area contributed by atoms with Gasteiger partial charge in [0.2, 0.25) is 5.91 Å². The molecule has 1 fully saturated rings. The Balaban J connectivity index is 1.93. The van der Waals surface area contributed by atoms with Crippen LogP contribution in [0.15, 0.2) is 0 Å². The molecule has 0 aliphatic heterocycles. The summed E-state index contributed by atoms with van der Waals surface area (Å²) in [7, 11) is 0. The van der Waals surface area contributed by atoms with Gasteiger partial charge in [0.15, 0.2) is 0 Å². The van der Waals surface area contributed by atoms with Crippen LogP contribution in [-0.4, -0.2) is 44.7 Å². The van der Waals surface area contributed by atoms with Crippen molar-refractivity contribution in [3.05, 3.63) is 0 Å². The molecule has 1 amide bonds. The molecule has 0 aromatic rings. The third-order valence-electron chi connectivity index (χ3n) is 3.45. The molecule has 1 aliphatic carbocycles. The van der Waals surface area contributed by atoms with E-state index in [0.717, 1.165) is 6.54 Å². The fraction of sp³-hybridized carbons (Fsp3) is 0.929. The number of hydrogen-bond donors (Lipinski definition) is 2. The minimum atomic E-state index is -2.47. The summed E-state index contributed by atoms with van der Waals surface area (Å²) in [6, 6.07) is 0.573. The molecule has 1 aliphatic rings. The average molecular weight is 292 g/mol. The molecule has 0 atom stereocenters. The topological polar surface area (TPSA) is 50.4 Å². The highest BCUT2D eigenvalue weighted by Crippen LogP contribution is 2.16. The first-order chi connectivity index (χ1) is 9.68. The van der Waals surface area contributed by atoms with Gasteiger partial charge in [0.1, 0.15) is 6.61 Å². The van der Waals surface area contributed by atoms with E-state index in [1.807, 2.05) is 0 Å². The van der Waals surface area contributed by atoms with Crippen LogP contribution in [0.5, 0.6) is 0 Å². The van der Waals surface area contributed by atoms with Crippen molar-refractivity contribution in [2.75, 3.05) is 26.3 Å².